The number of ether oxygens (including phenoxy) is 1. The van der Waals surface area contributed by atoms with Gasteiger partial charge in [-0.1, -0.05) is 82.7 Å². The molecule has 0 saturated carbocycles. The lowest BCUT2D eigenvalue weighted by Gasteiger charge is -2.30. The molecule has 14 amide bonds. The first-order chi connectivity index (χ1) is 54.9. The molecule has 3 aromatic rings. The van der Waals surface area contributed by atoms with E-state index in [1.165, 1.54) is 24.3 Å². The highest BCUT2D eigenvalue weighted by Crippen LogP contribution is 2.22. The minimum absolute atomic E-state index is 0.0127. The number of carbonyl (C=O) groups excluding carboxylic acids is 16. The van der Waals surface area contributed by atoms with Gasteiger partial charge in [-0.2, -0.15) is 0 Å². The third kappa shape index (κ3) is 32.8. The van der Waals surface area contributed by atoms with Crippen molar-refractivity contribution in [3.8, 4) is 0 Å². The van der Waals surface area contributed by atoms with Gasteiger partial charge < -0.3 is 122 Å². The number of H-pyrrole nitrogens is 1. The first-order valence-electron chi connectivity index (χ1n) is 37.3. The number of aliphatic hydroxyl groups is 1. The van der Waals surface area contributed by atoms with Crippen molar-refractivity contribution in [3.05, 3.63) is 65.9 Å². The molecule has 0 aliphatic carbocycles. The molecule has 1 fully saturated rings. The summed E-state index contributed by atoms with van der Waals surface area (Å²) in [6.45, 7) is 1.32. The molecule has 1 saturated heterocycles. The summed E-state index contributed by atoms with van der Waals surface area (Å²) in [4.78, 5) is 277. The van der Waals surface area contributed by atoms with Crippen LogP contribution in [0.1, 0.15) is 153 Å². The number of cyclic esters (lactones) is 1. The number of fused-ring (bicyclic) bond motifs is 1. The highest BCUT2D eigenvalue weighted by molar-refractivity contribution is 6.05. The number of ketones is 1. The second-order valence-electron chi connectivity index (χ2n) is 27.6. The molecular formula is C73H103N17O26. The van der Waals surface area contributed by atoms with Crippen LogP contribution in [-0.4, -0.2) is 248 Å². The van der Waals surface area contributed by atoms with Crippen LogP contribution in [0.25, 0.3) is 10.9 Å². The number of rotatable bonds is 36. The topological polar surface area (TPSA) is 702 Å². The van der Waals surface area contributed by atoms with E-state index in [-0.39, 0.29) is 49.9 Å². The zero-order valence-corrected chi connectivity index (χ0v) is 64.3. The number of anilines is 1. The predicted octanol–water partition coefficient (Wildman–Crippen LogP) is -5.23. The molecular weight excluding hydrogens is 1530 g/mol. The van der Waals surface area contributed by atoms with Gasteiger partial charge in [0.1, 0.15) is 72.6 Å². The van der Waals surface area contributed by atoms with E-state index in [9.17, 15) is 121 Å². The second kappa shape index (κ2) is 48.4. The van der Waals surface area contributed by atoms with Gasteiger partial charge in [0.25, 0.3) is 0 Å². The van der Waals surface area contributed by atoms with E-state index in [1.807, 2.05) is 16.0 Å². The number of benzene rings is 2. The number of nitrogens with two attached hydrogens (primary N) is 3. The molecule has 0 spiro atoms. The van der Waals surface area contributed by atoms with E-state index in [0.717, 1.165) is 52.9 Å². The van der Waals surface area contributed by atoms with E-state index in [0.29, 0.717) is 29.3 Å². The highest BCUT2D eigenvalue weighted by Gasteiger charge is 2.41. The number of nitrogen functional groups attached to an aromatic ring is 1. The van der Waals surface area contributed by atoms with Crippen molar-refractivity contribution >= 4 is 135 Å². The van der Waals surface area contributed by atoms with Crippen molar-refractivity contribution in [2.45, 2.75) is 216 Å². The van der Waals surface area contributed by atoms with Crippen molar-refractivity contribution < 1.29 is 126 Å². The standard InChI is InChI=1S/C73H103N17O26/c1-5-6-7-8-9-10-11-23-54(94)82-45(26-39-32-77-43-21-15-13-18-40(39)43)67(109)85-46(28-53(76)93)68(110)87-49(31-60(103)104)69(111)90-62-38(4)116-73(115)50(27-52(92)41-19-12-14-20-42(41)75)88-72(114)61(36(2)25-57(97)98)89-70(112)51(35-91)83-56(96)33-78-64(106)47(29-58(99)100)84-63(105)37(3)80-66(108)48(30-59(101)102)86-65(107)44(22-16-17-24-74)81-55(95)34-79-71(62)113/h12-15,18-21,32,36-38,44-51,61-62,77,91H,5-11,16-17,22-31,33-35,74-75H2,1-4H3,(H2,76,93)(H,78,106)(H,79,113)(H,80,108)(H,81,95)(H,82,94)(H,83,96)(H,84,105)(H,85,109)(H,86,107)(H,87,110)(H,88,114)(H,89,112)(H,90,111)(H,97,98)(H,99,100)(H,101,102)(H,103,104)/t36-,37+,38?,44+,45-,46-,47-,48?,49-,50-,51?,61-,62?/m0/s1. The summed E-state index contributed by atoms with van der Waals surface area (Å²) in [7, 11) is 0. The summed E-state index contributed by atoms with van der Waals surface area (Å²) in [6, 6.07) is -10.5. The number of carbonyl (C=O) groups is 20. The summed E-state index contributed by atoms with van der Waals surface area (Å²) in [5.41, 5.74) is 18.1. The SMILES string of the molecule is CCCCCCCCCC(=O)N[C@@H](Cc1c[nH]c2ccccc12)C(=O)N[C@@H](CC(N)=O)C(=O)N[C@@H](CC(=O)O)C(=O)NC1C(=O)NCC(=O)N[C@H](CCCCN)C(=O)NC(CC(=O)O)C(=O)N[C@H](C)C(=O)N[C@@H](CC(=O)O)C(=O)NCC(=O)NC(CO)C(=O)N[C@@H]([C@@H](C)CC(=O)O)C(=O)N[C@@H](CC(=O)c2ccccc2N)C(=O)OC1C. The van der Waals surface area contributed by atoms with Crippen LogP contribution in [0.4, 0.5) is 5.69 Å². The summed E-state index contributed by atoms with van der Waals surface area (Å²) >= 11 is 0. The minimum Gasteiger partial charge on any atom is -0.481 e. The molecule has 4 rings (SSSR count). The molecule has 1 aliphatic rings. The number of nitrogens with one attached hydrogen (secondary N) is 14. The maximum atomic E-state index is 14.9. The number of carboxylic acids is 4. The normalized spacial score (nSPS) is 21.1. The number of amides is 14. The van der Waals surface area contributed by atoms with Gasteiger partial charge in [0.2, 0.25) is 82.7 Å². The summed E-state index contributed by atoms with van der Waals surface area (Å²) < 4.78 is 5.69. The Kier molecular flexibility index (Phi) is 39.9. The van der Waals surface area contributed by atoms with E-state index in [2.05, 4.69) is 65.1 Å². The molecule has 43 nitrogen and oxygen atoms in total. The Morgan fingerprint density at radius 2 is 1.09 bits per heavy atom. The van der Waals surface area contributed by atoms with Crippen molar-refractivity contribution in [2.24, 2.45) is 17.4 Å². The number of esters is 1. The number of unbranched alkanes of at least 4 members (excludes halogenated alkanes) is 7. The maximum Gasteiger partial charge on any atom is 0.329 e. The number of hydrogen-bond acceptors (Lipinski definition) is 24. The monoisotopic (exact) mass is 1630 g/mol. The number of carboxylic acid groups (broad SMARTS) is 4. The first-order valence-corrected chi connectivity index (χ1v) is 37.3. The number of aromatic amines is 1. The Balaban J connectivity index is 1.88. The van der Waals surface area contributed by atoms with E-state index < -0.39 is 255 Å². The summed E-state index contributed by atoms with van der Waals surface area (Å²) in [5, 5.41) is 78.9. The molecule has 636 valence electrons. The summed E-state index contributed by atoms with van der Waals surface area (Å²) in [6.07, 6.45) is -1.96. The lowest BCUT2D eigenvalue weighted by atomic mass is 9.96. The number of primary amides is 1. The highest BCUT2D eigenvalue weighted by atomic mass is 16.5. The molecule has 4 unspecified atom stereocenters. The third-order valence-corrected chi connectivity index (χ3v) is 18.1. The molecule has 13 atom stereocenters. The number of para-hydroxylation sites is 2. The molecule has 0 radical (unpaired) electrons. The van der Waals surface area contributed by atoms with Crippen LogP contribution in [-0.2, 0) is 102 Å². The number of hydrogen-bond donors (Lipinski definition) is 22. The zero-order valence-electron chi connectivity index (χ0n) is 64.3. The molecule has 0 bridgehead atoms. The van der Waals surface area contributed by atoms with E-state index >= 15 is 0 Å². The van der Waals surface area contributed by atoms with Gasteiger partial charge in [-0.15, -0.1) is 0 Å². The number of Topliss-reactive ketones (excluding diaryl/α,β-unsaturated/α-hetero) is 1. The quantitative estimate of drug-likeness (QED) is 0.0112. The zero-order chi connectivity index (χ0) is 86.5. The average molecular weight is 1630 g/mol. The Morgan fingerprint density at radius 1 is 0.543 bits per heavy atom. The van der Waals surface area contributed by atoms with Gasteiger partial charge in [0.15, 0.2) is 5.78 Å². The Bertz CT molecular complexity index is 4060. The van der Waals surface area contributed by atoms with E-state index in [4.69, 9.17) is 21.9 Å². The van der Waals surface area contributed by atoms with Crippen LogP contribution in [0.15, 0.2) is 54.7 Å². The lowest BCUT2D eigenvalue weighted by molar-refractivity contribution is -0.156. The smallest absolute Gasteiger partial charge is 0.329 e. The van der Waals surface area contributed by atoms with Gasteiger partial charge in [-0.3, -0.25) is 91.1 Å². The lowest BCUT2D eigenvalue weighted by Crippen LogP contribution is -2.62. The van der Waals surface area contributed by atoms with Crippen LogP contribution in [0, 0.1) is 5.92 Å². The van der Waals surface area contributed by atoms with Crippen molar-refractivity contribution in [1.82, 2.24) is 74.1 Å². The Labute approximate surface area is 663 Å². The first kappa shape index (κ1) is 95.7. The molecule has 2 heterocycles. The van der Waals surface area contributed by atoms with Crippen molar-refractivity contribution in [2.75, 3.05) is 32.0 Å². The molecule has 2 aromatic carbocycles. The van der Waals surface area contributed by atoms with Crippen LogP contribution in [0.5, 0.6) is 0 Å². The third-order valence-electron chi connectivity index (χ3n) is 18.1. The fourth-order valence-corrected chi connectivity index (χ4v) is 11.9. The van der Waals surface area contributed by atoms with Gasteiger partial charge in [-0.25, -0.2) is 4.79 Å². The Hall–Kier alpha value is -12.7. The van der Waals surface area contributed by atoms with Crippen LogP contribution in [0.2, 0.25) is 0 Å². The largest absolute Gasteiger partial charge is 0.481 e. The second-order valence-corrected chi connectivity index (χ2v) is 27.6. The summed E-state index contributed by atoms with van der Waals surface area (Å²) in [5.74, 6) is -29.7. The van der Waals surface area contributed by atoms with Crippen LogP contribution < -0.4 is 86.3 Å². The molecule has 116 heavy (non-hydrogen) atoms. The fourth-order valence-electron chi connectivity index (χ4n) is 11.9. The van der Waals surface area contributed by atoms with Crippen LogP contribution in [0.3, 0.4) is 0 Å². The molecule has 1 aromatic heterocycles. The molecule has 1 aliphatic heterocycles. The molecule has 43 heteroatoms. The van der Waals surface area contributed by atoms with Gasteiger partial charge in [0, 0.05) is 47.6 Å². The number of aliphatic hydroxyl groups excluding tert-OH is 1. The Morgan fingerprint density at radius 3 is 1.69 bits per heavy atom. The van der Waals surface area contributed by atoms with Crippen molar-refractivity contribution in [3.63, 3.8) is 0 Å². The van der Waals surface area contributed by atoms with Gasteiger partial charge in [0.05, 0.1) is 51.8 Å². The van der Waals surface area contributed by atoms with Gasteiger partial charge in [-0.05, 0) is 75.8 Å². The molecule has 25 N–H and O–H groups in total. The van der Waals surface area contributed by atoms with Crippen molar-refractivity contribution in [1.29, 1.82) is 0 Å². The van der Waals surface area contributed by atoms with Crippen LogP contribution >= 0.6 is 0 Å². The van der Waals surface area contributed by atoms with Gasteiger partial charge >= 0.3 is 29.8 Å². The predicted molar refractivity (Wildman–Crippen MR) is 405 cm³/mol. The number of aromatic nitrogens is 1. The minimum atomic E-state index is -2.45. The maximum absolute atomic E-state index is 14.9. The van der Waals surface area contributed by atoms with E-state index in [1.54, 1.807) is 30.5 Å². The number of aliphatic carboxylic acids is 4. The average Bonchev–Trinajstić information content (AvgIpc) is 1.69. The fraction of sp³-hybridized carbons (Fsp3) is 0.534.